The van der Waals surface area contributed by atoms with Crippen molar-refractivity contribution in [1.29, 1.82) is 5.26 Å². The van der Waals surface area contributed by atoms with Crippen LogP contribution in [-0.4, -0.2) is 5.91 Å². The monoisotopic (exact) mass is 329 g/mol. The molecular formula is C15H12BrN3O. The molecule has 0 atom stereocenters. The van der Waals surface area contributed by atoms with Crippen molar-refractivity contribution < 1.29 is 4.79 Å². The van der Waals surface area contributed by atoms with Gasteiger partial charge in [0.2, 0.25) is 0 Å². The number of nitrogens with two attached hydrogens (primary N) is 1. The van der Waals surface area contributed by atoms with Crippen molar-refractivity contribution >= 4 is 33.2 Å². The summed E-state index contributed by atoms with van der Waals surface area (Å²) >= 11 is 3.33. The van der Waals surface area contributed by atoms with Crippen LogP contribution in [-0.2, 0) is 0 Å². The van der Waals surface area contributed by atoms with E-state index in [-0.39, 0.29) is 5.91 Å². The fourth-order valence-corrected chi connectivity index (χ4v) is 2.30. The first kappa shape index (κ1) is 14.1. The summed E-state index contributed by atoms with van der Waals surface area (Å²) in [6.07, 6.45) is 0. The lowest BCUT2D eigenvalue weighted by Crippen LogP contribution is -2.14. The van der Waals surface area contributed by atoms with Crippen molar-refractivity contribution in [2.75, 3.05) is 11.1 Å². The first-order chi connectivity index (χ1) is 9.51. The molecule has 0 aliphatic rings. The minimum absolute atomic E-state index is 0.215. The number of benzene rings is 2. The average molecular weight is 330 g/mol. The zero-order valence-electron chi connectivity index (χ0n) is 10.8. The number of carbonyl (C=O) groups excluding carboxylic acids is 1. The fraction of sp³-hybridized carbons (Fsp3) is 0.0667. The van der Waals surface area contributed by atoms with E-state index in [0.29, 0.717) is 27.0 Å². The minimum atomic E-state index is -0.215. The van der Waals surface area contributed by atoms with Gasteiger partial charge >= 0.3 is 0 Å². The molecule has 1 amide bonds. The number of anilines is 2. The summed E-state index contributed by atoms with van der Waals surface area (Å²) in [5, 5.41) is 11.6. The summed E-state index contributed by atoms with van der Waals surface area (Å²) < 4.78 is 0.665. The third kappa shape index (κ3) is 2.98. The Morgan fingerprint density at radius 2 is 2.05 bits per heavy atom. The molecule has 2 aromatic rings. The molecule has 100 valence electrons. The summed E-state index contributed by atoms with van der Waals surface area (Å²) in [4.78, 5) is 12.2. The third-order valence-electron chi connectivity index (χ3n) is 2.84. The molecule has 2 aromatic carbocycles. The van der Waals surface area contributed by atoms with Crippen LogP contribution in [0.1, 0.15) is 21.5 Å². The molecular weight excluding hydrogens is 318 g/mol. The van der Waals surface area contributed by atoms with Crippen LogP contribution in [0, 0.1) is 18.3 Å². The molecule has 0 bridgehead atoms. The number of rotatable bonds is 2. The second-order valence-electron chi connectivity index (χ2n) is 4.33. The van der Waals surface area contributed by atoms with Gasteiger partial charge in [-0.2, -0.15) is 5.26 Å². The zero-order valence-corrected chi connectivity index (χ0v) is 12.4. The van der Waals surface area contributed by atoms with Crippen LogP contribution in [0.15, 0.2) is 40.9 Å². The number of halogens is 1. The number of amides is 1. The molecule has 0 radical (unpaired) electrons. The molecule has 0 saturated carbocycles. The Labute approximate surface area is 125 Å². The minimum Gasteiger partial charge on any atom is -0.399 e. The van der Waals surface area contributed by atoms with Gasteiger partial charge in [0, 0.05) is 15.7 Å². The lowest BCUT2D eigenvalue weighted by atomic mass is 10.1. The molecule has 0 fully saturated rings. The van der Waals surface area contributed by atoms with Gasteiger partial charge in [0.05, 0.1) is 17.3 Å². The maximum absolute atomic E-state index is 12.2. The molecule has 0 saturated heterocycles. The van der Waals surface area contributed by atoms with Crippen LogP contribution in [0.25, 0.3) is 0 Å². The Morgan fingerprint density at radius 3 is 2.65 bits per heavy atom. The van der Waals surface area contributed by atoms with Gasteiger partial charge in [-0.3, -0.25) is 4.79 Å². The second kappa shape index (κ2) is 5.76. The van der Waals surface area contributed by atoms with Gasteiger partial charge < -0.3 is 11.1 Å². The van der Waals surface area contributed by atoms with Crippen molar-refractivity contribution in [3.63, 3.8) is 0 Å². The van der Waals surface area contributed by atoms with Gasteiger partial charge in [-0.05, 0) is 64.8 Å². The lowest BCUT2D eigenvalue weighted by Gasteiger charge is -2.10. The molecule has 0 aromatic heterocycles. The molecule has 2 rings (SSSR count). The molecule has 0 aliphatic carbocycles. The van der Waals surface area contributed by atoms with Crippen LogP contribution in [0.4, 0.5) is 11.4 Å². The van der Waals surface area contributed by atoms with E-state index in [1.54, 1.807) is 36.4 Å². The number of nitriles is 1. The van der Waals surface area contributed by atoms with E-state index in [2.05, 4.69) is 21.2 Å². The third-order valence-corrected chi connectivity index (χ3v) is 3.50. The number of nitrogens with one attached hydrogen (secondary N) is 1. The summed E-state index contributed by atoms with van der Waals surface area (Å²) in [7, 11) is 0. The first-order valence-electron chi connectivity index (χ1n) is 5.88. The maximum Gasteiger partial charge on any atom is 0.255 e. The Morgan fingerprint density at radius 1 is 1.30 bits per heavy atom. The van der Waals surface area contributed by atoms with Crippen molar-refractivity contribution in [1.82, 2.24) is 0 Å². The van der Waals surface area contributed by atoms with Crippen molar-refractivity contribution in [2.45, 2.75) is 6.92 Å². The van der Waals surface area contributed by atoms with E-state index >= 15 is 0 Å². The van der Waals surface area contributed by atoms with E-state index in [0.717, 1.165) is 5.56 Å². The summed E-state index contributed by atoms with van der Waals surface area (Å²) in [6.45, 7) is 1.83. The van der Waals surface area contributed by atoms with E-state index in [9.17, 15) is 4.79 Å². The van der Waals surface area contributed by atoms with E-state index in [1.807, 2.05) is 13.0 Å². The van der Waals surface area contributed by atoms with E-state index in [4.69, 9.17) is 11.0 Å². The number of hydrogen-bond donors (Lipinski definition) is 2. The number of aryl methyl sites for hydroxylation is 1. The van der Waals surface area contributed by atoms with Gasteiger partial charge in [0.25, 0.3) is 5.91 Å². The highest BCUT2D eigenvalue weighted by Crippen LogP contribution is 2.24. The highest BCUT2D eigenvalue weighted by molar-refractivity contribution is 9.10. The van der Waals surface area contributed by atoms with Crippen LogP contribution in [0.3, 0.4) is 0 Å². The Balaban J connectivity index is 2.26. The quantitative estimate of drug-likeness (QED) is 0.828. The Bertz CT molecular complexity index is 720. The normalized spacial score (nSPS) is 9.85. The largest absolute Gasteiger partial charge is 0.399 e. The molecule has 20 heavy (non-hydrogen) atoms. The standard InChI is InChI=1S/C15H12BrN3O/c1-9-6-11(18)3-4-12(9)15(20)19-14-5-2-10(8-17)7-13(14)16/h2-7H,18H2,1H3,(H,19,20). The van der Waals surface area contributed by atoms with Gasteiger partial charge in [0.1, 0.15) is 0 Å². The summed E-state index contributed by atoms with van der Waals surface area (Å²) in [6, 6.07) is 12.2. The van der Waals surface area contributed by atoms with Gasteiger partial charge in [-0.1, -0.05) is 0 Å². The fourth-order valence-electron chi connectivity index (χ4n) is 1.82. The molecule has 0 spiro atoms. The highest BCUT2D eigenvalue weighted by atomic mass is 79.9. The van der Waals surface area contributed by atoms with Gasteiger partial charge in [-0.15, -0.1) is 0 Å². The predicted octanol–water partition coefficient (Wildman–Crippen LogP) is 3.46. The van der Waals surface area contributed by atoms with E-state index < -0.39 is 0 Å². The topological polar surface area (TPSA) is 78.9 Å². The summed E-state index contributed by atoms with van der Waals surface area (Å²) in [5.41, 5.74) is 8.81. The highest BCUT2D eigenvalue weighted by Gasteiger charge is 2.11. The van der Waals surface area contributed by atoms with Gasteiger partial charge in [-0.25, -0.2) is 0 Å². The Kier molecular flexibility index (Phi) is 4.06. The average Bonchev–Trinajstić information content (AvgIpc) is 2.40. The molecule has 5 heteroatoms. The number of nitrogens with zero attached hydrogens (tertiary/aromatic N) is 1. The molecule has 3 N–H and O–H groups in total. The number of carbonyl (C=O) groups is 1. The van der Waals surface area contributed by atoms with Crippen LogP contribution in [0.5, 0.6) is 0 Å². The molecule has 0 unspecified atom stereocenters. The summed E-state index contributed by atoms with van der Waals surface area (Å²) in [5.74, 6) is -0.215. The predicted molar refractivity (Wildman–Crippen MR) is 82.4 cm³/mol. The van der Waals surface area contributed by atoms with Crippen LogP contribution < -0.4 is 11.1 Å². The molecule has 0 aliphatic heterocycles. The van der Waals surface area contributed by atoms with Crippen LogP contribution >= 0.6 is 15.9 Å². The van der Waals surface area contributed by atoms with Crippen LogP contribution in [0.2, 0.25) is 0 Å². The number of hydrogen-bond acceptors (Lipinski definition) is 3. The van der Waals surface area contributed by atoms with E-state index in [1.165, 1.54) is 0 Å². The van der Waals surface area contributed by atoms with Crippen molar-refractivity contribution in [3.8, 4) is 6.07 Å². The smallest absolute Gasteiger partial charge is 0.255 e. The SMILES string of the molecule is Cc1cc(N)ccc1C(=O)Nc1ccc(C#N)cc1Br. The van der Waals surface area contributed by atoms with Gasteiger partial charge in [0.15, 0.2) is 0 Å². The zero-order chi connectivity index (χ0) is 14.7. The Hall–Kier alpha value is -2.32. The maximum atomic E-state index is 12.2. The lowest BCUT2D eigenvalue weighted by molar-refractivity contribution is 0.102. The second-order valence-corrected chi connectivity index (χ2v) is 5.19. The molecule has 4 nitrogen and oxygen atoms in total. The van der Waals surface area contributed by atoms with Crippen molar-refractivity contribution in [3.05, 3.63) is 57.6 Å². The van der Waals surface area contributed by atoms with Crippen molar-refractivity contribution in [2.24, 2.45) is 0 Å². The molecule has 0 heterocycles. The first-order valence-corrected chi connectivity index (χ1v) is 6.67. The number of nitrogen functional groups attached to an aromatic ring is 1.